The first-order valence-corrected chi connectivity index (χ1v) is 5.10. The summed E-state index contributed by atoms with van der Waals surface area (Å²) in [6.07, 6.45) is 0. The molecule has 0 saturated carbocycles. The van der Waals surface area contributed by atoms with E-state index in [9.17, 15) is 0 Å². The molecule has 0 aliphatic rings. The van der Waals surface area contributed by atoms with Gasteiger partial charge in [-0.1, -0.05) is 19.9 Å². The van der Waals surface area contributed by atoms with E-state index in [2.05, 4.69) is 35.9 Å². The Labute approximate surface area is 85.4 Å². The van der Waals surface area contributed by atoms with Crippen LogP contribution < -0.4 is 0 Å². The number of hydrogen-bond acceptors (Lipinski definition) is 1. The second-order valence-electron chi connectivity index (χ2n) is 3.30. The molecule has 1 aromatic heterocycles. The van der Waals surface area contributed by atoms with Crippen molar-refractivity contribution in [3.05, 3.63) is 29.1 Å². The van der Waals surface area contributed by atoms with Gasteiger partial charge in [-0.2, -0.15) is 0 Å². The second-order valence-corrected chi connectivity index (χ2v) is 3.30. The Morgan fingerprint density at radius 2 is 1.71 bits per heavy atom. The molecule has 0 atom stereocenters. The number of aromatic nitrogens is 2. The van der Waals surface area contributed by atoms with Crippen molar-refractivity contribution in [2.45, 2.75) is 34.6 Å². The normalized spacial score (nSPS) is 9.79. The highest BCUT2D eigenvalue weighted by atomic mass is 14.9. The van der Waals surface area contributed by atoms with Crippen molar-refractivity contribution in [3.63, 3.8) is 0 Å². The minimum Gasteiger partial charge on any atom is -0.342 e. The molecule has 1 N–H and O–H groups in total. The maximum atomic E-state index is 4.40. The van der Waals surface area contributed by atoms with E-state index in [0.717, 1.165) is 16.9 Å². The summed E-state index contributed by atoms with van der Waals surface area (Å²) in [5.74, 6) is 0.985. The monoisotopic (exact) mass is 190 g/mol. The molecule has 0 unspecified atom stereocenters. The van der Waals surface area contributed by atoms with Gasteiger partial charge in [-0.25, -0.2) is 4.98 Å². The quantitative estimate of drug-likeness (QED) is 0.676. The number of H-pyrrole nitrogens is 1. The Morgan fingerprint density at radius 1 is 1.07 bits per heavy atom. The summed E-state index contributed by atoms with van der Waals surface area (Å²) in [4.78, 5) is 7.63. The van der Waals surface area contributed by atoms with Crippen LogP contribution in [0.1, 0.15) is 30.8 Å². The fourth-order valence-electron chi connectivity index (χ4n) is 1.59. The smallest absolute Gasteiger partial charge is 0.104 e. The number of benzene rings is 1. The van der Waals surface area contributed by atoms with Gasteiger partial charge in [-0.05, 0) is 38.0 Å². The van der Waals surface area contributed by atoms with Gasteiger partial charge in [-0.3, -0.25) is 0 Å². The van der Waals surface area contributed by atoms with Gasteiger partial charge in [0, 0.05) is 0 Å². The van der Waals surface area contributed by atoms with Crippen LogP contribution >= 0.6 is 0 Å². The lowest BCUT2D eigenvalue weighted by Gasteiger charge is -1.96. The molecule has 0 radical (unpaired) electrons. The summed E-state index contributed by atoms with van der Waals surface area (Å²) in [5.41, 5.74) is 4.76. The minimum atomic E-state index is 0.985. The lowest BCUT2D eigenvalue weighted by molar-refractivity contribution is 1.17. The standard InChI is InChI=1S/C10H12N2.C2H6/c1-6-4-7(2)10-9(5-6)11-8(3)12-10;1-2/h4-5H,1-3H3,(H,11,12);1-2H3. The Balaban J connectivity index is 0.000000461. The first kappa shape index (κ1) is 10.8. The van der Waals surface area contributed by atoms with Crippen LogP contribution in [-0.2, 0) is 0 Å². The zero-order valence-electron chi connectivity index (χ0n) is 9.60. The van der Waals surface area contributed by atoms with Crippen LogP contribution in [0.4, 0.5) is 0 Å². The molecule has 2 nitrogen and oxygen atoms in total. The summed E-state index contributed by atoms with van der Waals surface area (Å²) < 4.78 is 0. The number of nitrogens with one attached hydrogen (secondary N) is 1. The van der Waals surface area contributed by atoms with Crippen LogP contribution in [0.3, 0.4) is 0 Å². The van der Waals surface area contributed by atoms with Crippen molar-refractivity contribution in [2.75, 3.05) is 0 Å². The maximum Gasteiger partial charge on any atom is 0.104 e. The van der Waals surface area contributed by atoms with Crippen LogP contribution in [0, 0.1) is 20.8 Å². The molecule has 2 rings (SSSR count). The van der Waals surface area contributed by atoms with Gasteiger partial charge < -0.3 is 4.98 Å². The van der Waals surface area contributed by atoms with Crippen molar-refractivity contribution >= 4 is 11.0 Å². The van der Waals surface area contributed by atoms with Gasteiger partial charge in [0.2, 0.25) is 0 Å². The number of hydrogen-bond donors (Lipinski definition) is 1. The van der Waals surface area contributed by atoms with Crippen molar-refractivity contribution < 1.29 is 0 Å². The molecule has 76 valence electrons. The molecular weight excluding hydrogens is 172 g/mol. The van der Waals surface area contributed by atoms with Gasteiger partial charge in [0.15, 0.2) is 0 Å². The third kappa shape index (κ3) is 1.95. The average Bonchev–Trinajstić information content (AvgIpc) is 2.49. The van der Waals surface area contributed by atoms with Crippen LogP contribution in [0.15, 0.2) is 12.1 Å². The van der Waals surface area contributed by atoms with Gasteiger partial charge in [0.25, 0.3) is 0 Å². The molecular formula is C12H18N2. The number of rotatable bonds is 0. The van der Waals surface area contributed by atoms with Crippen LogP contribution in [0.2, 0.25) is 0 Å². The fourth-order valence-corrected chi connectivity index (χ4v) is 1.59. The molecule has 0 bridgehead atoms. The molecule has 0 amide bonds. The molecule has 0 spiro atoms. The highest BCUT2D eigenvalue weighted by Gasteiger charge is 2.02. The van der Waals surface area contributed by atoms with E-state index in [-0.39, 0.29) is 0 Å². The van der Waals surface area contributed by atoms with E-state index in [0.29, 0.717) is 0 Å². The molecule has 14 heavy (non-hydrogen) atoms. The Kier molecular flexibility index (Phi) is 3.28. The van der Waals surface area contributed by atoms with Crippen LogP contribution in [-0.4, -0.2) is 9.97 Å². The number of aryl methyl sites for hydroxylation is 3. The topological polar surface area (TPSA) is 28.7 Å². The van der Waals surface area contributed by atoms with E-state index in [4.69, 9.17) is 0 Å². The van der Waals surface area contributed by atoms with E-state index in [1.165, 1.54) is 11.1 Å². The molecule has 2 heteroatoms. The van der Waals surface area contributed by atoms with Crippen molar-refractivity contribution in [3.8, 4) is 0 Å². The highest BCUT2D eigenvalue weighted by molar-refractivity contribution is 5.79. The SMILES string of the molecule is CC.Cc1cc(C)c2nc(C)[nH]c2c1. The van der Waals surface area contributed by atoms with Crippen LogP contribution in [0.25, 0.3) is 11.0 Å². The fraction of sp³-hybridized carbons (Fsp3) is 0.417. The van der Waals surface area contributed by atoms with Crippen molar-refractivity contribution in [1.29, 1.82) is 0 Å². The molecule has 0 fully saturated rings. The van der Waals surface area contributed by atoms with Crippen molar-refractivity contribution in [2.24, 2.45) is 0 Å². The zero-order chi connectivity index (χ0) is 10.7. The summed E-state index contributed by atoms with van der Waals surface area (Å²) in [6, 6.07) is 4.28. The first-order chi connectivity index (χ1) is 6.66. The van der Waals surface area contributed by atoms with E-state index in [1.807, 2.05) is 20.8 Å². The molecule has 1 heterocycles. The largest absolute Gasteiger partial charge is 0.342 e. The Hall–Kier alpha value is -1.31. The minimum absolute atomic E-state index is 0.985. The van der Waals surface area contributed by atoms with E-state index < -0.39 is 0 Å². The second kappa shape index (κ2) is 4.27. The third-order valence-electron chi connectivity index (χ3n) is 2.04. The summed E-state index contributed by atoms with van der Waals surface area (Å²) in [7, 11) is 0. The van der Waals surface area contributed by atoms with Gasteiger partial charge in [-0.15, -0.1) is 0 Å². The number of fused-ring (bicyclic) bond motifs is 1. The molecule has 1 aromatic carbocycles. The molecule has 0 saturated heterocycles. The summed E-state index contributed by atoms with van der Waals surface area (Å²) >= 11 is 0. The summed E-state index contributed by atoms with van der Waals surface area (Å²) in [5, 5.41) is 0. The average molecular weight is 190 g/mol. The Morgan fingerprint density at radius 3 is 2.36 bits per heavy atom. The van der Waals surface area contributed by atoms with Crippen molar-refractivity contribution in [1.82, 2.24) is 9.97 Å². The van der Waals surface area contributed by atoms with E-state index >= 15 is 0 Å². The zero-order valence-corrected chi connectivity index (χ0v) is 9.60. The molecule has 0 aliphatic carbocycles. The van der Waals surface area contributed by atoms with Gasteiger partial charge in [0.05, 0.1) is 11.0 Å². The van der Waals surface area contributed by atoms with E-state index in [1.54, 1.807) is 0 Å². The first-order valence-electron chi connectivity index (χ1n) is 5.10. The van der Waals surface area contributed by atoms with Gasteiger partial charge in [0.1, 0.15) is 5.82 Å². The van der Waals surface area contributed by atoms with Gasteiger partial charge >= 0.3 is 0 Å². The Bertz CT molecular complexity index is 427. The number of aromatic amines is 1. The maximum absolute atomic E-state index is 4.40. The highest BCUT2D eigenvalue weighted by Crippen LogP contribution is 2.17. The predicted molar refractivity (Wildman–Crippen MR) is 61.7 cm³/mol. The number of imidazole rings is 1. The third-order valence-corrected chi connectivity index (χ3v) is 2.04. The molecule has 0 aliphatic heterocycles. The molecule has 2 aromatic rings. The lowest BCUT2D eigenvalue weighted by Crippen LogP contribution is -1.79. The number of nitrogens with zero attached hydrogens (tertiary/aromatic N) is 1. The predicted octanol–water partition coefficient (Wildman–Crippen LogP) is 3.51. The summed E-state index contributed by atoms with van der Waals surface area (Å²) in [6.45, 7) is 10.2. The lowest BCUT2D eigenvalue weighted by atomic mass is 10.1. The van der Waals surface area contributed by atoms with Crippen LogP contribution in [0.5, 0.6) is 0 Å².